The van der Waals surface area contributed by atoms with E-state index in [1.807, 2.05) is 32.9 Å². The summed E-state index contributed by atoms with van der Waals surface area (Å²) >= 11 is 0. The van der Waals surface area contributed by atoms with Crippen LogP contribution in [0, 0.1) is 12.7 Å². The van der Waals surface area contributed by atoms with Gasteiger partial charge in [0.1, 0.15) is 5.82 Å². The Hall–Kier alpha value is -2.73. The van der Waals surface area contributed by atoms with E-state index in [2.05, 4.69) is 11.4 Å². The Bertz CT molecular complexity index is 925. The molecule has 2 aromatic rings. The zero-order valence-corrected chi connectivity index (χ0v) is 17.7. The summed E-state index contributed by atoms with van der Waals surface area (Å²) in [6.07, 6.45) is 0.933. The number of carbonyl (C=O) groups is 2. The van der Waals surface area contributed by atoms with Crippen LogP contribution in [0.3, 0.4) is 0 Å². The molecule has 30 heavy (non-hydrogen) atoms. The number of carbonyl (C=O) groups excluding carboxylic acids is 1. The second-order valence-electron chi connectivity index (χ2n) is 8.50. The molecule has 1 aliphatic heterocycles. The average Bonchev–Trinajstić information content (AvgIpc) is 3.04. The largest absolute Gasteiger partial charge is 0.481 e. The molecular formula is C24H29FN2O3. The molecular weight excluding hydrogens is 383 g/mol. The number of fused-ring (bicyclic) bond motifs is 1. The number of halogens is 1. The Kier molecular flexibility index (Phi) is 6.56. The van der Waals surface area contributed by atoms with Crippen molar-refractivity contribution in [3.8, 4) is 0 Å². The highest BCUT2D eigenvalue weighted by Crippen LogP contribution is 2.39. The summed E-state index contributed by atoms with van der Waals surface area (Å²) in [5, 5.41) is 12.4. The van der Waals surface area contributed by atoms with Gasteiger partial charge in [0.05, 0.1) is 0 Å². The molecule has 0 fully saturated rings. The highest BCUT2D eigenvalue weighted by molar-refractivity contribution is 5.96. The Morgan fingerprint density at radius 2 is 1.87 bits per heavy atom. The number of rotatable bonds is 8. The lowest BCUT2D eigenvalue weighted by Gasteiger charge is -2.27. The molecule has 2 aromatic carbocycles. The summed E-state index contributed by atoms with van der Waals surface area (Å²) in [4.78, 5) is 25.8. The van der Waals surface area contributed by atoms with E-state index in [1.165, 1.54) is 12.1 Å². The number of nitrogens with zero attached hydrogens (tertiary/aromatic N) is 1. The quantitative estimate of drug-likeness (QED) is 0.677. The maximum absolute atomic E-state index is 13.2. The van der Waals surface area contributed by atoms with Crippen molar-refractivity contribution in [3.05, 3.63) is 65.0 Å². The number of aliphatic carboxylic acids is 1. The number of benzene rings is 2. The number of hydrogen-bond acceptors (Lipinski definition) is 3. The van der Waals surface area contributed by atoms with Gasteiger partial charge in [-0.25, -0.2) is 4.39 Å². The number of carboxylic acid groups (broad SMARTS) is 1. The number of aryl methyl sites for hydroxylation is 1. The summed E-state index contributed by atoms with van der Waals surface area (Å²) < 4.78 is 13.2. The van der Waals surface area contributed by atoms with Crippen LogP contribution in [0.4, 0.5) is 10.1 Å². The molecule has 0 saturated heterocycles. The first-order valence-electron chi connectivity index (χ1n) is 10.3. The van der Waals surface area contributed by atoms with Gasteiger partial charge < -0.3 is 15.3 Å². The van der Waals surface area contributed by atoms with E-state index in [4.69, 9.17) is 5.11 Å². The summed E-state index contributed by atoms with van der Waals surface area (Å²) in [7, 11) is 0. The number of amides is 1. The maximum Gasteiger partial charge on any atom is 0.303 e. The Morgan fingerprint density at radius 1 is 1.17 bits per heavy atom. The van der Waals surface area contributed by atoms with E-state index in [0.717, 1.165) is 22.4 Å². The fourth-order valence-electron chi connectivity index (χ4n) is 4.03. The van der Waals surface area contributed by atoms with E-state index < -0.39 is 11.5 Å². The van der Waals surface area contributed by atoms with Crippen LogP contribution in [0.15, 0.2) is 42.5 Å². The first-order valence-corrected chi connectivity index (χ1v) is 10.3. The van der Waals surface area contributed by atoms with Gasteiger partial charge in [0.15, 0.2) is 0 Å². The van der Waals surface area contributed by atoms with Gasteiger partial charge >= 0.3 is 5.97 Å². The van der Waals surface area contributed by atoms with E-state index >= 15 is 0 Å². The monoisotopic (exact) mass is 412 g/mol. The van der Waals surface area contributed by atoms with Gasteiger partial charge in [0, 0.05) is 43.1 Å². The second-order valence-corrected chi connectivity index (χ2v) is 8.50. The molecule has 0 aliphatic carbocycles. The van der Waals surface area contributed by atoms with Crippen molar-refractivity contribution in [1.29, 1.82) is 0 Å². The molecule has 0 saturated carbocycles. The van der Waals surface area contributed by atoms with Gasteiger partial charge in [-0.15, -0.1) is 0 Å². The predicted molar refractivity (Wildman–Crippen MR) is 115 cm³/mol. The van der Waals surface area contributed by atoms with Gasteiger partial charge in [0.2, 0.25) is 5.91 Å². The van der Waals surface area contributed by atoms with Gasteiger partial charge in [-0.1, -0.05) is 29.8 Å². The third-order valence-corrected chi connectivity index (χ3v) is 5.80. The van der Waals surface area contributed by atoms with Crippen LogP contribution in [0.2, 0.25) is 0 Å². The number of anilines is 1. The number of nitrogens with one attached hydrogen (secondary N) is 1. The molecule has 2 N–H and O–H groups in total. The van der Waals surface area contributed by atoms with Gasteiger partial charge in [-0.05, 0) is 56.5 Å². The number of hydrogen-bond donors (Lipinski definition) is 2. The van der Waals surface area contributed by atoms with E-state index in [1.54, 1.807) is 17.0 Å². The average molecular weight is 413 g/mol. The van der Waals surface area contributed by atoms with Crippen LogP contribution in [0.25, 0.3) is 0 Å². The van der Waals surface area contributed by atoms with E-state index in [9.17, 15) is 14.0 Å². The maximum atomic E-state index is 13.2. The highest BCUT2D eigenvalue weighted by Gasteiger charge is 2.32. The molecule has 0 aromatic heterocycles. The number of carboxylic acids is 1. The van der Waals surface area contributed by atoms with Gasteiger partial charge in [-0.3, -0.25) is 9.59 Å². The molecule has 0 spiro atoms. The normalized spacial score (nSPS) is 15.9. The van der Waals surface area contributed by atoms with Crippen molar-refractivity contribution in [3.63, 3.8) is 0 Å². The van der Waals surface area contributed by atoms with Crippen molar-refractivity contribution in [2.75, 3.05) is 18.0 Å². The third-order valence-electron chi connectivity index (χ3n) is 5.80. The molecule has 1 aliphatic rings. The SMILES string of the molecule is Cc1ccc2c(c1)C(CCC(=O)O)CN2C(=O)CCNC(C)(C)c1ccc(F)cc1. The fraction of sp³-hybridized carbons (Fsp3) is 0.417. The molecule has 1 heterocycles. The smallest absolute Gasteiger partial charge is 0.303 e. The lowest BCUT2D eigenvalue weighted by molar-refractivity contribution is -0.137. The predicted octanol–water partition coefficient (Wildman–Crippen LogP) is 4.34. The standard InChI is InChI=1S/C24H29FN2O3/c1-16-4-10-21-20(14-16)17(5-11-23(29)30)15-27(21)22(28)12-13-26-24(2,3)18-6-8-19(25)9-7-18/h4,6-10,14,17,26H,5,11-13,15H2,1-3H3,(H,29,30). The first-order chi connectivity index (χ1) is 14.2. The first kappa shape index (κ1) is 22.0. The zero-order chi connectivity index (χ0) is 21.9. The second kappa shape index (κ2) is 8.96. The molecule has 3 rings (SSSR count). The van der Waals surface area contributed by atoms with Gasteiger partial charge in [0.25, 0.3) is 0 Å². The Morgan fingerprint density at radius 3 is 2.53 bits per heavy atom. The molecule has 1 atom stereocenters. The zero-order valence-electron chi connectivity index (χ0n) is 17.7. The summed E-state index contributed by atoms with van der Waals surface area (Å²) in [6, 6.07) is 12.4. The molecule has 5 nitrogen and oxygen atoms in total. The van der Waals surface area contributed by atoms with E-state index in [-0.39, 0.29) is 24.1 Å². The summed E-state index contributed by atoms with van der Waals surface area (Å²) in [6.45, 7) is 7.01. The Balaban J connectivity index is 1.64. The molecule has 1 amide bonds. The van der Waals surface area contributed by atoms with Crippen molar-refractivity contribution >= 4 is 17.6 Å². The van der Waals surface area contributed by atoms with Crippen molar-refractivity contribution < 1.29 is 19.1 Å². The van der Waals surface area contributed by atoms with Crippen LogP contribution >= 0.6 is 0 Å². The molecule has 0 bridgehead atoms. The summed E-state index contributed by atoms with van der Waals surface area (Å²) in [5.74, 6) is -1.03. The van der Waals surface area contributed by atoms with Crippen LogP contribution < -0.4 is 10.2 Å². The van der Waals surface area contributed by atoms with Gasteiger partial charge in [-0.2, -0.15) is 0 Å². The minimum absolute atomic E-state index is 0.0142. The van der Waals surface area contributed by atoms with Crippen molar-refractivity contribution in [2.45, 2.75) is 51.5 Å². The Labute approximate surface area is 176 Å². The van der Waals surface area contributed by atoms with Crippen LogP contribution in [0.1, 0.15) is 55.7 Å². The highest BCUT2D eigenvalue weighted by atomic mass is 19.1. The summed E-state index contributed by atoms with van der Waals surface area (Å²) in [5.41, 5.74) is 3.61. The third kappa shape index (κ3) is 5.05. The van der Waals surface area contributed by atoms with Crippen LogP contribution in [-0.4, -0.2) is 30.1 Å². The lowest BCUT2D eigenvalue weighted by atomic mass is 9.94. The van der Waals surface area contributed by atoms with Crippen LogP contribution in [0.5, 0.6) is 0 Å². The van der Waals surface area contributed by atoms with Crippen LogP contribution in [-0.2, 0) is 15.1 Å². The minimum Gasteiger partial charge on any atom is -0.481 e. The molecule has 1 unspecified atom stereocenters. The molecule has 6 heteroatoms. The lowest BCUT2D eigenvalue weighted by Crippen LogP contribution is -2.40. The van der Waals surface area contributed by atoms with Crippen molar-refractivity contribution in [1.82, 2.24) is 5.32 Å². The van der Waals surface area contributed by atoms with Crippen molar-refractivity contribution in [2.24, 2.45) is 0 Å². The molecule has 160 valence electrons. The topological polar surface area (TPSA) is 69.6 Å². The fourth-order valence-corrected chi connectivity index (χ4v) is 4.03. The van der Waals surface area contributed by atoms with E-state index in [0.29, 0.717) is 25.9 Å². The minimum atomic E-state index is -0.818. The molecule has 0 radical (unpaired) electrons.